The first-order chi connectivity index (χ1) is 8.43. The van der Waals surface area contributed by atoms with E-state index >= 15 is 0 Å². The van der Waals surface area contributed by atoms with Gasteiger partial charge in [-0.3, -0.25) is 4.90 Å². The molecule has 18 heavy (non-hydrogen) atoms. The van der Waals surface area contributed by atoms with Crippen molar-refractivity contribution in [2.45, 2.75) is 20.0 Å². The third kappa shape index (κ3) is 4.20. The second kappa shape index (κ2) is 6.61. The van der Waals surface area contributed by atoms with E-state index in [0.717, 1.165) is 24.3 Å². The standard InChI is InChI=1S/C14H19F2NO/c1-4-17(8-10(2)3)9-14(18)12-6-5-11(15)7-13(12)16/h5-7,14,18H,2,4,8-9H2,1,3H3. The van der Waals surface area contributed by atoms with Crippen LogP contribution in [0.4, 0.5) is 8.78 Å². The lowest BCUT2D eigenvalue weighted by molar-refractivity contribution is 0.118. The normalized spacial score (nSPS) is 12.8. The summed E-state index contributed by atoms with van der Waals surface area (Å²) in [4.78, 5) is 1.95. The molecule has 0 aromatic heterocycles. The first-order valence-corrected chi connectivity index (χ1v) is 5.93. The molecule has 0 heterocycles. The number of halogens is 2. The fourth-order valence-corrected chi connectivity index (χ4v) is 1.80. The van der Waals surface area contributed by atoms with Gasteiger partial charge in [0, 0.05) is 24.7 Å². The molecule has 0 bridgehead atoms. The molecule has 0 spiro atoms. The molecule has 0 aliphatic rings. The predicted octanol–water partition coefficient (Wildman–Crippen LogP) is 2.90. The molecule has 0 aliphatic carbocycles. The van der Waals surface area contributed by atoms with Gasteiger partial charge >= 0.3 is 0 Å². The average Bonchev–Trinajstić information content (AvgIpc) is 2.27. The maximum absolute atomic E-state index is 13.5. The summed E-state index contributed by atoms with van der Waals surface area (Å²) in [5.41, 5.74) is 1.10. The number of hydrogen-bond donors (Lipinski definition) is 1. The molecule has 0 saturated carbocycles. The molecule has 0 saturated heterocycles. The molecule has 1 unspecified atom stereocenters. The summed E-state index contributed by atoms with van der Waals surface area (Å²) in [6.45, 7) is 9.33. The van der Waals surface area contributed by atoms with Crippen molar-refractivity contribution < 1.29 is 13.9 Å². The van der Waals surface area contributed by atoms with E-state index in [9.17, 15) is 13.9 Å². The highest BCUT2D eigenvalue weighted by Gasteiger charge is 2.16. The van der Waals surface area contributed by atoms with E-state index in [1.807, 2.05) is 18.7 Å². The van der Waals surface area contributed by atoms with Crippen LogP contribution in [0.25, 0.3) is 0 Å². The van der Waals surface area contributed by atoms with E-state index in [2.05, 4.69) is 6.58 Å². The Labute approximate surface area is 107 Å². The van der Waals surface area contributed by atoms with Crippen molar-refractivity contribution in [3.8, 4) is 0 Å². The molecule has 0 radical (unpaired) electrons. The Morgan fingerprint density at radius 3 is 2.61 bits per heavy atom. The van der Waals surface area contributed by atoms with Gasteiger partial charge in [0.05, 0.1) is 6.10 Å². The minimum absolute atomic E-state index is 0.122. The van der Waals surface area contributed by atoms with Gasteiger partial charge in [-0.1, -0.05) is 25.1 Å². The molecule has 0 aliphatic heterocycles. The summed E-state index contributed by atoms with van der Waals surface area (Å²) in [7, 11) is 0. The molecule has 1 N–H and O–H groups in total. The smallest absolute Gasteiger partial charge is 0.131 e. The number of aliphatic hydroxyl groups excluding tert-OH is 1. The average molecular weight is 255 g/mol. The summed E-state index contributed by atoms with van der Waals surface area (Å²) < 4.78 is 26.2. The fourth-order valence-electron chi connectivity index (χ4n) is 1.80. The Bertz CT molecular complexity index is 420. The summed E-state index contributed by atoms with van der Waals surface area (Å²) >= 11 is 0. The van der Waals surface area contributed by atoms with Crippen LogP contribution in [-0.2, 0) is 0 Å². The van der Waals surface area contributed by atoms with Crippen LogP contribution in [0.5, 0.6) is 0 Å². The minimum atomic E-state index is -0.968. The molecule has 100 valence electrons. The number of benzene rings is 1. The first-order valence-electron chi connectivity index (χ1n) is 5.93. The number of aliphatic hydroxyl groups is 1. The molecule has 1 rings (SSSR count). The van der Waals surface area contributed by atoms with Crippen LogP contribution in [0.2, 0.25) is 0 Å². The van der Waals surface area contributed by atoms with Crippen LogP contribution >= 0.6 is 0 Å². The Morgan fingerprint density at radius 1 is 1.44 bits per heavy atom. The van der Waals surface area contributed by atoms with E-state index in [4.69, 9.17) is 0 Å². The Balaban J connectivity index is 2.74. The van der Waals surface area contributed by atoms with Crippen LogP contribution in [0.15, 0.2) is 30.4 Å². The van der Waals surface area contributed by atoms with Crippen LogP contribution < -0.4 is 0 Å². The molecule has 2 nitrogen and oxygen atoms in total. The minimum Gasteiger partial charge on any atom is -0.387 e. The Kier molecular flexibility index (Phi) is 5.44. The summed E-state index contributed by atoms with van der Waals surface area (Å²) in [5, 5.41) is 9.97. The molecule has 1 aromatic carbocycles. The maximum Gasteiger partial charge on any atom is 0.131 e. The summed E-state index contributed by atoms with van der Waals surface area (Å²) in [5.74, 6) is -1.35. The van der Waals surface area contributed by atoms with Crippen molar-refractivity contribution in [2.24, 2.45) is 0 Å². The molecule has 0 fully saturated rings. The van der Waals surface area contributed by atoms with Gasteiger partial charge in [-0.05, 0) is 19.5 Å². The highest BCUT2D eigenvalue weighted by atomic mass is 19.1. The lowest BCUT2D eigenvalue weighted by atomic mass is 10.1. The SMILES string of the molecule is C=C(C)CN(CC)CC(O)c1ccc(F)cc1F. The monoisotopic (exact) mass is 255 g/mol. The predicted molar refractivity (Wildman–Crippen MR) is 68.2 cm³/mol. The van der Waals surface area contributed by atoms with E-state index in [1.54, 1.807) is 0 Å². The molecule has 0 amide bonds. The van der Waals surface area contributed by atoms with E-state index in [0.29, 0.717) is 13.1 Å². The van der Waals surface area contributed by atoms with Crippen molar-refractivity contribution in [3.63, 3.8) is 0 Å². The van der Waals surface area contributed by atoms with Gasteiger partial charge in [-0.25, -0.2) is 8.78 Å². The van der Waals surface area contributed by atoms with Gasteiger partial charge in [0.1, 0.15) is 11.6 Å². The van der Waals surface area contributed by atoms with E-state index < -0.39 is 17.7 Å². The largest absolute Gasteiger partial charge is 0.387 e. The Hall–Kier alpha value is -1.26. The quantitative estimate of drug-likeness (QED) is 0.790. The van der Waals surface area contributed by atoms with Gasteiger partial charge in [-0.15, -0.1) is 0 Å². The van der Waals surface area contributed by atoms with Crippen molar-refractivity contribution in [1.29, 1.82) is 0 Å². The molecule has 4 heteroatoms. The van der Waals surface area contributed by atoms with Crippen LogP contribution in [0.3, 0.4) is 0 Å². The van der Waals surface area contributed by atoms with Crippen molar-refractivity contribution in [2.75, 3.05) is 19.6 Å². The van der Waals surface area contributed by atoms with Crippen LogP contribution in [0, 0.1) is 11.6 Å². The molecular weight excluding hydrogens is 236 g/mol. The number of likely N-dealkylation sites (N-methyl/N-ethyl adjacent to an activating group) is 1. The van der Waals surface area contributed by atoms with Crippen LogP contribution in [0.1, 0.15) is 25.5 Å². The number of nitrogens with zero attached hydrogens (tertiary/aromatic N) is 1. The van der Waals surface area contributed by atoms with Gasteiger partial charge in [-0.2, -0.15) is 0 Å². The van der Waals surface area contributed by atoms with Crippen LogP contribution in [-0.4, -0.2) is 29.6 Å². The zero-order chi connectivity index (χ0) is 13.7. The van der Waals surface area contributed by atoms with E-state index in [-0.39, 0.29) is 5.56 Å². The second-order valence-corrected chi connectivity index (χ2v) is 4.47. The number of hydrogen-bond acceptors (Lipinski definition) is 2. The van der Waals surface area contributed by atoms with Gasteiger partial charge in [0.2, 0.25) is 0 Å². The zero-order valence-corrected chi connectivity index (χ0v) is 10.8. The molecular formula is C14H19F2NO. The van der Waals surface area contributed by atoms with Gasteiger partial charge in [0.15, 0.2) is 0 Å². The third-order valence-corrected chi connectivity index (χ3v) is 2.69. The van der Waals surface area contributed by atoms with E-state index in [1.165, 1.54) is 6.07 Å². The molecule has 1 atom stereocenters. The van der Waals surface area contributed by atoms with Gasteiger partial charge < -0.3 is 5.11 Å². The zero-order valence-electron chi connectivity index (χ0n) is 10.8. The van der Waals surface area contributed by atoms with Crippen molar-refractivity contribution in [3.05, 3.63) is 47.5 Å². The first kappa shape index (κ1) is 14.8. The topological polar surface area (TPSA) is 23.5 Å². The number of rotatable bonds is 6. The lowest BCUT2D eigenvalue weighted by Gasteiger charge is -2.24. The highest BCUT2D eigenvalue weighted by molar-refractivity contribution is 5.21. The van der Waals surface area contributed by atoms with Crippen molar-refractivity contribution in [1.82, 2.24) is 4.90 Å². The van der Waals surface area contributed by atoms with Crippen molar-refractivity contribution >= 4 is 0 Å². The molecule has 1 aromatic rings. The summed E-state index contributed by atoms with van der Waals surface area (Å²) in [6, 6.07) is 3.22. The summed E-state index contributed by atoms with van der Waals surface area (Å²) in [6.07, 6.45) is -0.968. The fraction of sp³-hybridized carbons (Fsp3) is 0.429. The maximum atomic E-state index is 13.5. The van der Waals surface area contributed by atoms with Gasteiger partial charge in [0.25, 0.3) is 0 Å². The Morgan fingerprint density at radius 2 is 2.11 bits per heavy atom. The third-order valence-electron chi connectivity index (χ3n) is 2.69. The highest BCUT2D eigenvalue weighted by Crippen LogP contribution is 2.19. The lowest BCUT2D eigenvalue weighted by Crippen LogP contribution is -2.30. The second-order valence-electron chi connectivity index (χ2n) is 4.47.